The maximum absolute atomic E-state index is 7.68. The molecule has 0 bridgehead atoms. The number of hydrogen-bond acceptors (Lipinski definition) is 3. The maximum atomic E-state index is 7.68. The van der Waals surface area contributed by atoms with Gasteiger partial charge in [-0.3, -0.25) is 0 Å². The minimum atomic E-state index is -1.15. The monoisotopic (exact) mass is 593 g/mol. The second-order valence-corrected chi connectivity index (χ2v) is 17.3. The molecular formula is C38H60NO2P. The van der Waals surface area contributed by atoms with E-state index in [0.29, 0.717) is 48.0 Å². The Morgan fingerprint density at radius 2 is 1.17 bits per heavy atom. The van der Waals surface area contributed by atoms with Gasteiger partial charge in [-0.25, -0.2) is 4.67 Å². The fraction of sp³-hybridized carbons (Fsp3) is 0.842. The van der Waals surface area contributed by atoms with Crippen LogP contribution in [0.2, 0.25) is 0 Å². The minimum absolute atomic E-state index is 0.298. The molecule has 0 radical (unpaired) electrons. The summed E-state index contributed by atoms with van der Waals surface area (Å²) in [5, 5.41) is 0. The zero-order valence-electron chi connectivity index (χ0n) is 27.2. The lowest BCUT2D eigenvalue weighted by atomic mass is 9.50. The molecule has 1 saturated heterocycles. The molecule has 7 rings (SSSR count). The third-order valence-corrected chi connectivity index (χ3v) is 15.6. The van der Waals surface area contributed by atoms with Crippen molar-refractivity contribution >= 4 is 8.53 Å². The van der Waals surface area contributed by atoms with Gasteiger partial charge in [-0.1, -0.05) is 102 Å². The summed E-state index contributed by atoms with van der Waals surface area (Å²) in [5.74, 6) is 6.97. The molecule has 3 nitrogen and oxygen atoms in total. The van der Waals surface area contributed by atoms with Crippen LogP contribution in [-0.4, -0.2) is 22.9 Å². The summed E-state index contributed by atoms with van der Waals surface area (Å²) in [6.07, 6.45) is 22.0. The molecule has 0 spiro atoms. The van der Waals surface area contributed by atoms with Crippen molar-refractivity contribution in [2.24, 2.45) is 53.3 Å². The van der Waals surface area contributed by atoms with Gasteiger partial charge in [0.05, 0.1) is 12.2 Å². The molecule has 5 aliphatic carbocycles. The van der Waals surface area contributed by atoms with Crippen molar-refractivity contribution in [3.8, 4) is 0 Å². The van der Waals surface area contributed by atoms with E-state index >= 15 is 0 Å². The van der Waals surface area contributed by atoms with Gasteiger partial charge in [0, 0.05) is 12.1 Å². The number of hydrogen-bond donors (Lipinski definition) is 0. The summed E-state index contributed by atoms with van der Waals surface area (Å²) in [4.78, 5) is 0. The van der Waals surface area contributed by atoms with Crippen LogP contribution in [0.1, 0.15) is 136 Å². The Morgan fingerprint density at radius 3 is 1.71 bits per heavy atom. The van der Waals surface area contributed by atoms with Gasteiger partial charge in [-0.2, -0.15) is 0 Å². The Labute approximate surface area is 259 Å². The van der Waals surface area contributed by atoms with Gasteiger partial charge in [-0.05, 0) is 111 Å². The van der Waals surface area contributed by atoms with Crippen LogP contribution in [0.15, 0.2) is 30.3 Å². The highest BCUT2D eigenvalue weighted by molar-refractivity contribution is 7.44. The topological polar surface area (TPSA) is 21.7 Å². The summed E-state index contributed by atoms with van der Waals surface area (Å²) in [6, 6.07) is 12.1. The summed E-state index contributed by atoms with van der Waals surface area (Å²) in [6.45, 7) is 10.1. The van der Waals surface area contributed by atoms with Gasteiger partial charge in [-0.15, -0.1) is 0 Å². The number of nitrogens with zero attached hydrogens (tertiary/aromatic N) is 1. The Balaban J connectivity index is 1.29. The second kappa shape index (κ2) is 13.1. The lowest BCUT2D eigenvalue weighted by Crippen LogP contribution is -2.55. The molecule has 1 aromatic carbocycles. The van der Waals surface area contributed by atoms with Crippen LogP contribution >= 0.6 is 8.53 Å². The first-order valence-electron chi connectivity index (χ1n) is 18.5. The van der Waals surface area contributed by atoms with Gasteiger partial charge >= 0.3 is 0 Å². The maximum Gasteiger partial charge on any atom is 0.260 e. The molecular weight excluding hydrogens is 533 g/mol. The van der Waals surface area contributed by atoms with E-state index < -0.39 is 8.53 Å². The lowest BCUT2D eigenvalue weighted by molar-refractivity contribution is -0.115. The smallest absolute Gasteiger partial charge is 0.260 e. The zero-order chi connectivity index (χ0) is 28.8. The van der Waals surface area contributed by atoms with Crippen molar-refractivity contribution in [2.45, 2.75) is 148 Å². The first-order valence-corrected chi connectivity index (χ1v) is 19.6. The molecule has 0 N–H and O–H groups in total. The quantitative estimate of drug-likeness (QED) is 0.317. The first-order chi connectivity index (χ1) is 20.5. The zero-order valence-corrected chi connectivity index (χ0v) is 28.1. The third kappa shape index (κ3) is 5.69. The molecule has 1 heterocycles. The summed E-state index contributed by atoms with van der Waals surface area (Å²) in [7, 11) is -1.15. The van der Waals surface area contributed by atoms with E-state index in [0.717, 1.165) is 29.6 Å². The lowest BCUT2D eigenvalue weighted by Gasteiger charge is -2.56. The number of fused-ring (bicyclic) bond motifs is 7. The van der Waals surface area contributed by atoms with Crippen LogP contribution in [0.25, 0.3) is 0 Å². The predicted octanol–water partition coefficient (Wildman–Crippen LogP) is 11.0. The average Bonchev–Trinajstić information content (AvgIpc) is 3.21. The van der Waals surface area contributed by atoms with E-state index in [4.69, 9.17) is 9.05 Å². The molecule has 1 aromatic rings. The van der Waals surface area contributed by atoms with Crippen LogP contribution in [0.5, 0.6) is 0 Å². The van der Waals surface area contributed by atoms with Crippen molar-refractivity contribution in [3.05, 3.63) is 35.9 Å². The molecule has 5 saturated carbocycles. The Bertz CT molecular complexity index is 970. The van der Waals surface area contributed by atoms with E-state index in [9.17, 15) is 0 Å². The van der Waals surface area contributed by atoms with Crippen LogP contribution in [0, 0.1) is 53.3 Å². The van der Waals surface area contributed by atoms with Crippen LogP contribution < -0.4 is 0 Å². The summed E-state index contributed by atoms with van der Waals surface area (Å²) in [5.41, 5.74) is 1.42. The van der Waals surface area contributed by atoms with Crippen LogP contribution in [-0.2, 0) is 9.05 Å². The summed E-state index contributed by atoms with van der Waals surface area (Å²) < 4.78 is 18.2. The molecule has 0 aromatic heterocycles. The molecule has 42 heavy (non-hydrogen) atoms. The molecule has 4 heteroatoms. The van der Waals surface area contributed by atoms with Crippen molar-refractivity contribution in [3.63, 3.8) is 0 Å². The van der Waals surface area contributed by atoms with Crippen molar-refractivity contribution < 1.29 is 9.05 Å². The average molecular weight is 594 g/mol. The van der Waals surface area contributed by atoms with Gasteiger partial charge < -0.3 is 9.05 Å². The second-order valence-electron chi connectivity index (χ2n) is 16.0. The Morgan fingerprint density at radius 1 is 0.667 bits per heavy atom. The predicted molar refractivity (Wildman–Crippen MR) is 175 cm³/mol. The molecule has 12 atom stereocenters. The van der Waals surface area contributed by atoms with Crippen LogP contribution in [0.4, 0.5) is 0 Å². The van der Waals surface area contributed by atoms with Gasteiger partial charge in [0.1, 0.15) is 0 Å². The highest BCUT2D eigenvalue weighted by Crippen LogP contribution is 2.65. The third-order valence-electron chi connectivity index (χ3n) is 13.6. The van der Waals surface area contributed by atoms with Gasteiger partial charge in [0.15, 0.2) is 0 Å². The van der Waals surface area contributed by atoms with Gasteiger partial charge in [0.25, 0.3) is 8.53 Å². The highest BCUT2D eigenvalue weighted by Gasteiger charge is 2.59. The van der Waals surface area contributed by atoms with Crippen molar-refractivity contribution in [1.82, 2.24) is 4.67 Å². The van der Waals surface area contributed by atoms with E-state index in [2.05, 4.69) is 62.7 Å². The normalized spacial score (nSPS) is 44.2. The fourth-order valence-corrected chi connectivity index (χ4v) is 13.9. The van der Waals surface area contributed by atoms with Crippen LogP contribution in [0.3, 0.4) is 0 Å². The molecule has 12 unspecified atom stereocenters. The standard InChI is InChI=1S/C38H60NO2P/c1-25-23-31-19-11-13-21-33(31)35-36-34-22-14-12-20-32(34)24-26(2)38(36)41-42(40-37(25)35)39(27(3)29-15-7-5-8-16-29)28(4)30-17-9-6-10-18-30/h5,7-8,15-16,25-28,30-38H,6,9-14,17-24H2,1-4H3. The molecule has 6 aliphatic rings. The minimum Gasteiger partial charge on any atom is -0.318 e. The molecule has 0 amide bonds. The van der Waals surface area contributed by atoms with E-state index in [1.165, 1.54) is 102 Å². The van der Waals surface area contributed by atoms with Gasteiger partial charge in [0.2, 0.25) is 0 Å². The Kier molecular flexibility index (Phi) is 9.42. The summed E-state index contributed by atoms with van der Waals surface area (Å²) >= 11 is 0. The number of benzene rings is 1. The Hall–Kier alpha value is -0.470. The molecule has 234 valence electrons. The largest absolute Gasteiger partial charge is 0.318 e. The molecule has 6 fully saturated rings. The first kappa shape index (κ1) is 30.2. The van der Waals surface area contributed by atoms with Crippen molar-refractivity contribution in [1.29, 1.82) is 0 Å². The van der Waals surface area contributed by atoms with E-state index in [1.807, 2.05) is 0 Å². The number of rotatable bonds is 5. The van der Waals surface area contributed by atoms with E-state index in [-0.39, 0.29) is 0 Å². The molecule has 1 aliphatic heterocycles. The SMILES string of the molecule is CC1CC2CCCCC2C2C1OP(N(C(C)c1ccccc1)C(C)C1CCCCC1)OC1C(C)CC3CCCCC3C12. The van der Waals surface area contributed by atoms with E-state index in [1.54, 1.807) is 0 Å². The fourth-order valence-electron chi connectivity index (χ4n) is 11.6. The highest BCUT2D eigenvalue weighted by atomic mass is 31.2. The van der Waals surface area contributed by atoms with Crippen molar-refractivity contribution in [2.75, 3.05) is 0 Å².